The fourth-order valence-corrected chi connectivity index (χ4v) is 13.3. The molecule has 2 heteroatoms. The predicted octanol–water partition coefficient (Wildman–Crippen LogP) is 19.2. The summed E-state index contributed by atoms with van der Waals surface area (Å²) in [6, 6.07) is 103. The van der Waals surface area contributed by atoms with Crippen LogP contribution in [-0.2, 0) is 5.41 Å². The van der Waals surface area contributed by atoms with Crippen LogP contribution in [0.2, 0.25) is 0 Å². The van der Waals surface area contributed by atoms with Crippen LogP contribution in [0.3, 0.4) is 0 Å². The molecule has 2 heterocycles. The number of fused-ring (bicyclic) bond motifs is 16. The third-order valence-electron chi connectivity index (χ3n) is 16.6. The van der Waals surface area contributed by atoms with Crippen LogP contribution < -0.4 is 0 Å². The molecule has 352 valence electrons. The highest BCUT2D eigenvalue weighted by atomic mass is 15.0. The molecule has 0 atom stereocenters. The number of pyridine rings is 1. The molecule has 0 aliphatic heterocycles. The molecule has 0 unspecified atom stereocenters. The fraction of sp³-hybridized carbons (Fsp3) is 0.0135. The van der Waals surface area contributed by atoms with Crippen LogP contribution in [0.4, 0.5) is 0 Å². The van der Waals surface area contributed by atoms with Gasteiger partial charge in [0.2, 0.25) is 0 Å². The first-order valence-corrected chi connectivity index (χ1v) is 26.3. The van der Waals surface area contributed by atoms with E-state index in [2.05, 4.69) is 284 Å². The van der Waals surface area contributed by atoms with Crippen molar-refractivity contribution in [3.05, 3.63) is 301 Å². The van der Waals surface area contributed by atoms with E-state index in [4.69, 9.17) is 4.98 Å². The van der Waals surface area contributed by atoms with Gasteiger partial charge >= 0.3 is 0 Å². The van der Waals surface area contributed by atoms with Crippen molar-refractivity contribution in [2.45, 2.75) is 5.41 Å². The van der Waals surface area contributed by atoms with Gasteiger partial charge in [0.1, 0.15) is 0 Å². The van der Waals surface area contributed by atoms with E-state index in [0.717, 1.165) is 55.9 Å². The largest absolute Gasteiger partial charge is 0.309 e. The molecule has 0 fully saturated rings. The quantitative estimate of drug-likeness (QED) is 0.152. The van der Waals surface area contributed by atoms with Crippen molar-refractivity contribution in [2.24, 2.45) is 0 Å². The first kappa shape index (κ1) is 42.6. The Kier molecular flexibility index (Phi) is 9.28. The lowest BCUT2D eigenvalue weighted by molar-refractivity contribution is 0.794. The maximum atomic E-state index is 5.82. The number of nitrogens with zero attached hydrogens (tertiary/aromatic N) is 2. The fourth-order valence-electron chi connectivity index (χ4n) is 13.3. The summed E-state index contributed by atoms with van der Waals surface area (Å²) in [6.45, 7) is 0. The molecular formula is C74H46N2. The van der Waals surface area contributed by atoms with Gasteiger partial charge in [0.15, 0.2) is 0 Å². The summed E-state index contributed by atoms with van der Waals surface area (Å²) >= 11 is 0. The zero-order chi connectivity index (χ0) is 49.9. The van der Waals surface area contributed by atoms with Crippen LogP contribution in [0.5, 0.6) is 0 Å². The summed E-state index contributed by atoms with van der Waals surface area (Å²) < 4.78 is 2.48. The van der Waals surface area contributed by atoms with Crippen LogP contribution in [0.25, 0.3) is 127 Å². The van der Waals surface area contributed by atoms with Gasteiger partial charge in [-0.25, -0.2) is 4.98 Å². The Morgan fingerprint density at radius 1 is 0.250 bits per heavy atom. The molecule has 76 heavy (non-hydrogen) atoms. The summed E-state index contributed by atoms with van der Waals surface area (Å²) in [6.07, 6.45) is 0. The van der Waals surface area contributed by atoms with Crippen molar-refractivity contribution < 1.29 is 0 Å². The molecule has 0 N–H and O–H groups in total. The second kappa shape index (κ2) is 16.6. The molecule has 16 rings (SSSR count). The van der Waals surface area contributed by atoms with E-state index in [9.17, 15) is 0 Å². The van der Waals surface area contributed by atoms with Crippen molar-refractivity contribution in [2.75, 3.05) is 0 Å². The SMILES string of the molecule is c1ccc(-c2cc(-c3cc(-c4cc5ccccc5c5ccccc45)cc(-n4c5ccccc5c5ccc(-c6ccccc6)cc54)c3)nc(-c3ccc4c(c3)C3(c5ccccc5-c5ccccc53)c3ccccc3-4)c2)cc1. The highest BCUT2D eigenvalue weighted by Gasteiger charge is 2.51. The van der Waals surface area contributed by atoms with Gasteiger partial charge in [-0.3, -0.25) is 0 Å². The molecule has 0 amide bonds. The number of hydrogen-bond donors (Lipinski definition) is 0. The minimum atomic E-state index is -0.469. The average molecular weight is 963 g/mol. The van der Waals surface area contributed by atoms with Gasteiger partial charge in [-0.05, 0) is 154 Å². The predicted molar refractivity (Wildman–Crippen MR) is 317 cm³/mol. The number of benzene rings is 12. The van der Waals surface area contributed by atoms with E-state index < -0.39 is 5.41 Å². The molecule has 14 aromatic rings. The summed E-state index contributed by atoms with van der Waals surface area (Å²) in [5.74, 6) is 0. The van der Waals surface area contributed by atoms with Crippen LogP contribution in [0, 0.1) is 0 Å². The molecule has 2 aromatic heterocycles. The van der Waals surface area contributed by atoms with E-state index >= 15 is 0 Å². The third kappa shape index (κ3) is 6.25. The highest BCUT2D eigenvalue weighted by Crippen LogP contribution is 2.63. The highest BCUT2D eigenvalue weighted by molar-refractivity contribution is 6.15. The Morgan fingerprint density at radius 3 is 1.46 bits per heavy atom. The van der Waals surface area contributed by atoms with Crippen molar-refractivity contribution in [1.82, 2.24) is 9.55 Å². The van der Waals surface area contributed by atoms with Crippen LogP contribution >= 0.6 is 0 Å². The summed E-state index contributed by atoms with van der Waals surface area (Å²) in [5, 5.41) is 7.35. The normalized spacial score (nSPS) is 12.8. The second-order valence-electron chi connectivity index (χ2n) is 20.5. The number of para-hydroxylation sites is 1. The smallest absolute Gasteiger partial charge is 0.0725 e. The first-order valence-electron chi connectivity index (χ1n) is 26.3. The second-order valence-corrected chi connectivity index (χ2v) is 20.5. The monoisotopic (exact) mass is 962 g/mol. The van der Waals surface area contributed by atoms with E-state index in [1.54, 1.807) is 0 Å². The molecule has 2 aliphatic rings. The molecule has 2 aliphatic carbocycles. The average Bonchev–Trinajstić information content (AvgIpc) is 4.18. The van der Waals surface area contributed by atoms with E-state index in [-0.39, 0.29) is 0 Å². The molecule has 0 saturated carbocycles. The molecule has 0 radical (unpaired) electrons. The first-order chi connectivity index (χ1) is 37.7. The lowest BCUT2D eigenvalue weighted by Gasteiger charge is -2.30. The Morgan fingerprint density at radius 2 is 0.763 bits per heavy atom. The van der Waals surface area contributed by atoms with Crippen LogP contribution in [0.15, 0.2) is 279 Å². The van der Waals surface area contributed by atoms with Gasteiger partial charge in [0.05, 0.1) is 27.8 Å². The summed E-state index contributed by atoms with van der Waals surface area (Å²) in [5.41, 5.74) is 24.3. The van der Waals surface area contributed by atoms with Gasteiger partial charge in [0.25, 0.3) is 0 Å². The Bertz CT molecular complexity index is 4630. The van der Waals surface area contributed by atoms with E-state index in [0.29, 0.717) is 0 Å². The molecule has 12 aromatic carbocycles. The van der Waals surface area contributed by atoms with E-state index in [1.807, 2.05) is 0 Å². The Hall–Kier alpha value is -9.89. The Labute approximate surface area is 441 Å². The lowest BCUT2D eigenvalue weighted by atomic mass is 9.70. The van der Waals surface area contributed by atoms with Crippen molar-refractivity contribution in [3.63, 3.8) is 0 Å². The summed E-state index contributed by atoms with van der Waals surface area (Å²) in [4.78, 5) is 5.82. The molecule has 0 bridgehead atoms. The zero-order valence-corrected chi connectivity index (χ0v) is 41.5. The molecular weight excluding hydrogens is 917 g/mol. The maximum Gasteiger partial charge on any atom is 0.0725 e. The van der Waals surface area contributed by atoms with Crippen molar-refractivity contribution >= 4 is 43.4 Å². The number of hydrogen-bond acceptors (Lipinski definition) is 1. The third-order valence-corrected chi connectivity index (χ3v) is 16.6. The van der Waals surface area contributed by atoms with Gasteiger partial charge in [-0.15, -0.1) is 0 Å². The zero-order valence-electron chi connectivity index (χ0n) is 41.5. The van der Waals surface area contributed by atoms with E-state index in [1.165, 1.54) is 93.5 Å². The lowest BCUT2D eigenvalue weighted by Crippen LogP contribution is -2.25. The molecule has 1 spiro atoms. The van der Waals surface area contributed by atoms with Crippen molar-refractivity contribution in [1.29, 1.82) is 0 Å². The Balaban J connectivity index is 0.968. The van der Waals surface area contributed by atoms with Gasteiger partial charge < -0.3 is 4.57 Å². The van der Waals surface area contributed by atoms with Gasteiger partial charge in [0, 0.05) is 27.6 Å². The molecule has 0 saturated heterocycles. The van der Waals surface area contributed by atoms with Crippen LogP contribution in [-0.4, -0.2) is 9.55 Å². The topological polar surface area (TPSA) is 17.8 Å². The minimum Gasteiger partial charge on any atom is -0.309 e. The van der Waals surface area contributed by atoms with Gasteiger partial charge in [-0.2, -0.15) is 0 Å². The van der Waals surface area contributed by atoms with Crippen molar-refractivity contribution in [3.8, 4) is 83.8 Å². The summed E-state index contributed by atoms with van der Waals surface area (Å²) in [7, 11) is 0. The molecule has 2 nitrogen and oxygen atoms in total. The maximum absolute atomic E-state index is 5.82. The number of aromatic nitrogens is 2. The van der Waals surface area contributed by atoms with Gasteiger partial charge in [-0.1, -0.05) is 224 Å². The minimum absolute atomic E-state index is 0.469. The van der Waals surface area contributed by atoms with Crippen LogP contribution in [0.1, 0.15) is 22.3 Å². The number of rotatable bonds is 6. The standard InChI is InChI=1S/C74H46N2/c1-3-19-47(20-4-1)49-35-38-64-63-30-14-18-34-72(63)76(73(64)46-49)55-40-53(65-42-50-23-7-8-24-56(50)57-25-9-10-26-58(57)65)39-54(41-55)71-45-52(48-21-5-2-6-22-48)44-70(75-71)51-36-37-62-61-29-13-17-33-68(61)74(69(62)43-51)66-31-15-11-27-59(66)60-28-12-16-32-67(60)74/h1-46H.